The Kier molecular flexibility index (Phi) is 5.18. The second kappa shape index (κ2) is 7.38. The van der Waals surface area contributed by atoms with E-state index in [1.54, 1.807) is 0 Å². The van der Waals surface area contributed by atoms with E-state index < -0.39 is 28.9 Å². The molecule has 0 aliphatic heterocycles. The zero-order valence-corrected chi connectivity index (χ0v) is 15.2. The van der Waals surface area contributed by atoms with Crippen LogP contribution in [0.25, 0.3) is 0 Å². The molecule has 0 atom stereocenters. The molecule has 7 heteroatoms. The molecule has 0 aliphatic carbocycles. The number of hydrogen-bond acceptors (Lipinski definition) is 3. The smallest absolute Gasteiger partial charge is 0.335 e. The standard InChI is InChI=1S/C19H15O5PS/c20-19(21)14-11-17(13-18(12-14)26(22,23)24)25(15-7-3-1-4-8-15)16-9-5-2-6-10-16/h1-13H,(H,20,21)(H,22,23,24). The summed E-state index contributed by atoms with van der Waals surface area (Å²) >= 11 is 0. The number of benzene rings is 3. The first-order valence-electron chi connectivity index (χ1n) is 7.62. The summed E-state index contributed by atoms with van der Waals surface area (Å²) in [5.74, 6) is -1.26. The number of carboxylic acid groups (broad SMARTS) is 1. The fourth-order valence-electron chi connectivity index (χ4n) is 2.59. The Balaban J connectivity index is 2.28. The van der Waals surface area contributed by atoms with Gasteiger partial charge in [0.25, 0.3) is 10.1 Å². The van der Waals surface area contributed by atoms with E-state index in [0.717, 1.165) is 16.7 Å². The van der Waals surface area contributed by atoms with Crippen LogP contribution >= 0.6 is 7.92 Å². The third kappa shape index (κ3) is 3.99. The monoisotopic (exact) mass is 386 g/mol. The summed E-state index contributed by atoms with van der Waals surface area (Å²) in [6.07, 6.45) is 0. The zero-order chi connectivity index (χ0) is 18.7. The summed E-state index contributed by atoms with van der Waals surface area (Å²) < 4.78 is 32.7. The number of aromatic carboxylic acids is 1. The molecule has 0 saturated heterocycles. The van der Waals surface area contributed by atoms with Gasteiger partial charge in [-0.15, -0.1) is 0 Å². The summed E-state index contributed by atoms with van der Waals surface area (Å²) in [6.45, 7) is 0. The molecule has 132 valence electrons. The van der Waals surface area contributed by atoms with Crippen LogP contribution < -0.4 is 15.9 Å². The zero-order valence-electron chi connectivity index (χ0n) is 13.5. The van der Waals surface area contributed by atoms with E-state index in [2.05, 4.69) is 0 Å². The van der Waals surface area contributed by atoms with Crippen molar-refractivity contribution in [2.24, 2.45) is 0 Å². The molecule has 3 aromatic carbocycles. The van der Waals surface area contributed by atoms with Gasteiger partial charge in [0, 0.05) is 0 Å². The van der Waals surface area contributed by atoms with Gasteiger partial charge >= 0.3 is 5.97 Å². The minimum Gasteiger partial charge on any atom is -0.478 e. The van der Waals surface area contributed by atoms with Crippen molar-refractivity contribution in [3.05, 3.63) is 84.4 Å². The first-order chi connectivity index (χ1) is 12.4. The molecular weight excluding hydrogens is 371 g/mol. The van der Waals surface area contributed by atoms with E-state index in [-0.39, 0.29) is 5.56 Å². The Morgan fingerprint density at radius 3 is 1.69 bits per heavy atom. The van der Waals surface area contributed by atoms with Crippen LogP contribution in [0.15, 0.2) is 83.8 Å². The normalized spacial score (nSPS) is 11.5. The number of carbonyl (C=O) groups is 1. The lowest BCUT2D eigenvalue weighted by Gasteiger charge is -2.20. The third-order valence-corrected chi connectivity index (χ3v) is 6.96. The Bertz CT molecular complexity index is 995. The van der Waals surface area contributed by atoms with Crippen molar-refractivity contribution < 1.29 is 22.9 Å². The van der Waals surface area contributed by atoms with Crippen molar-refractivity contribution in [3.63, 3.8) is 0 Å². The summed E-state index contributed by atoms with van der Waals surface area (Å²) in [5.41, 5.74) is -0.186. The molecule has 3 aromatic rings. The van der Waals surface area contributed by atoms with E-state index in [1.165, 1.54) is 12.1 Å². The summed E-state index contributed by atoms with van der Waals surface area (Å²) in [6, 6.07) is 22.7. The van der Waals surface area contributed by atoms with E-state index in [9.17, 15) is 22.9 Å². The van der Waals surface area contributed by atoms with Gasteiger partial charge in [-0.25, -0.2) is 4.79 Å². The Labute approximate surface area is 152 Å². The summed E-state index contributed by atoms with van der Waals surface area (Å²) in [7, 11) is -5.72. The molecule has 0 heterocycles. The molecule has 3 rings (SSSR count). The van der Waals surface area contributed by atoms with Gasteiger partial charge in [0.05, 0.1) is 10.5 Å². The molecule has 0 aromatic heterocycles. The number of carboxylic acids is 1. The molecule has 0 spiro atoms. The van der Waals surface area contributed by atoms with Crippen LogP contribution in [-0.2, 0) is 10.1 Å². The highest BCUT2D eigenvalue weighted by atomic mass is 32.2. The van der Waals surface area contributed by atoms with Gasteiger partial charge in [0.2, 0.25) is 0 Å². The topological polar surface area (TPSA) is 91.7 Å². The van der Waals surface area contributed by atoms with Gasteiger partial charge in [0.15, 0.2) is 0 Å². The molecule has 2 N–H and O–H groups in total. The molecule has 5 nitrogen and oxygen atoms in total. The van der Waals surface area contributed by atoms with Crippen molar-refractivity contribution in [3.8, 4) is 0 Å². The Morgan fingerprint density at radius 2 is 1.27 bits per heavy atom. The molecule has 0 aliphatic rings. The Morgan fingerprint density at radius 1 is 0.769 bits per heavy atom. The van der Waals surface area contributed by atoms with E-state index >= 15 is 0 Å². The van der Waals surface area contributed by atoms with Gasteiger partial charge in [-0.05, 0) is 42.0 Å². The van der Waals surface area contributed by atoms with Crippen LogP contribution in [0, 0.1) is 0 Å². The first-order valence-corrected chi connectivity index (χ1v) is 10.4. The lowest BCUT2D eigenvalue weighted by molar-refractivity contribution is 0.0696. The van der Waals surface area contributed by atoms with Gasteiger partial charge < -0.3 is 5.11 Å². The molecule has 0 radical (unpaired) electrons. The van der Waals surface area contributed by atoms with Crippen LogP contribution in [0.5, 0.6) is 0 Å². The molecule has 0 saturated carbocycles. The maximum Gasteiger partial charge on any atom is 0.335 e. The summed E-state index contributed by atoms with van der Waals surface area (Å²) in [4.78, 5) is 11.0. The van der Waals surface area contributed by atoms with Gasteiger partial charge in [-0.2, -0.15) is 8.42 Å². The average Bonchev–Trinajstić information content (AvgIpc) is 2.63. The molecule has 26 heavy (non-hydrogen) atoms. The highest BCUT2D eigenvalue weighted by Crippen LogP contribution is 2.33. The van der Waals surface area contributed by atoms with E-state index in [1.807, 2.05) is 60.7 Å². The van der Waals surface area contributed by atoms with Crippen molar-refractivity contribution in [2.75, 3.05) is 0 Å². The second-order valence-electron chi connectivity index (χ2n) is 5.50. The molecule has 0 fully saturated rings. The number of hydrogen-bond donors (Lipinski definition) is 2. The van der Waals surface area contributed by atoms with Crippen LogP contribution in [-0.4, -0.2) is 24.0 Å². The molecule has 0 unspecified atom stereocenters. The van der Waals surface area contributed by atoms with E-state index in [4.69, 9.17) is 0 Å². The minimum absolute atomic E-state index is 0.186. The lowest BCUT2D eigenvalue weighted by atomic mass is 10.2. The van der Waals surface area contributed by atoms with Crippen molar-refractivity contribution >= 4 is 39.9 Å². The van der Waals surface area contributed by atoms with Crippen molar-refractivity contribution in [1.82, 2.24) is 0 Å². The fraction of sp³-hybridized carbons (Fsp3) is 0. The molecule has 0 bridgehead atoms. The SMILES string of the molecule is O=C(O)c1cc(P(c2ccccc2)c2ccccc2)cc(S(=O)(=O)O)c1. The lowest BCUT2D eigenvalue weighted by Crippen LogP contribution is -2.22. The Hall–Kier alpha value is -2.53. The predicted octanol–water partition coefficient (Wildman–Crippen LogP) is 2.39. The van der Waals surface area contributed by atoms with Crippen molar-refractivity contribution in [2.45, 2.75) is 4.90 Å². The minimum atomic E-state index is -4.53. The molecular formula is C19H15O5PS. The highest BCUT2D eigenvalue weighted by Gasteiger charge is 2.22. The number of rotatable bonds is 5. The van der Waals surface area contributed by atoms with Gasteiger partial charge in [0.1, 0.15) is 0 Å². The quantitative estimate of drug-likeness (QED) is 0.519. The van der Waals surface area contributed by atoms with Crippen LogP contribution in [0.4, 0.5) is 0 Å². The van der Waals surface area contributed by atoms with Gasteiger partial charge in [-0.3, -0.25) is 4.55 Å². The van der Waals surface area contributed by atoms with Crippen LogP contribution in [0.2, 0.25) is 0 Å². The van der Waals surface area contributed by atoms with Crippen LogP contribution in [0.1, 0.15) is 10.4 Å². The van der Waals surface area contributed by atoms with E-state index in [0.29, 0.717) is 5.30 Å². The fourth-order valence-corrected chi connectivity index (χ4v) is 5.60. The average molecular weight is 386 g/mol. The van der Waals surface area contributed by atoms with Gasteiger partial charge in [-0.1, -0.05) is 60.7 Å². The van der Waals surface area contributed by atoms with Crippen molar-refractivity contribution in [1.29, 1.82) is 0 Å². The maximum atomic E-state index is 11.6. The predicted molar refractivity (Wildman–Crippen MR) is 102 cm³/mol. The largest absolute Gasteiger partial charge is 0.478 e. The second-order valence-corrected chi connectivity index (χ2v) is 9.14. The summed E-state index contributed by atoms with van der Waals surface area (Å²) in [5, 5.41) is 11.8. The van der Waals surface area contributed by atoms with Crippen LogP contribution in [0.3, 0.4) is 0 Å². The maximum absolute atomic E-state index is 11.6. The first kappa shape index (κ1) is 18.3. The third-order valence-electron chi connectivity index (χ3n) is 3.72. The highest BCUT2D eigenvalue weighted by molar-refractivity contribution is 7.86. The molecule has 0 amide bonds.